The van der Waals surface area contributed by atoms with Gasteiger partial charge in [0.1, 0.15) is 12.4 Å². The maximum absolute atomic E-state index is 11.9. The molecule has 128 valence electrons. The van der Waals surface area contributed by atoms with Gasteiger partial charge >= 0.3 is 5.97 Å². The maximum Gasteiger partial charge on any atom is 0.335 e. The summed E-state index contributed by atoms with van der Waals surface area (Å²) in [4.78, 5) is 11.9. The predicted octanol–water partition coefficient (Wildman–Crippen LogP) is 3.78. The van der Waals surface area contributed by atoms with Crippen LogP contribution in [0.4, 0.5) is 0 Å². The number of hydrogen-bond acceptors (Lipinski definition) is 4. The Morgan fingerprint density at radius 1 is 0.917 bits per heavy atom. The van der Waals surface area contributed by atoms with Gasteiger partial charge in [-0.15, -0.1) is 0 Å². The summed E-state index contributed by atoms with van der Waals surface area (Å²) in [5, 5.41) is 0. The van der Waals surface area contributed by atoms with Crippen LogP contribution in [0, 0.1) is 0 Å². The largest absolute Gasteiger partial charge is 0.489 e. The Kier molecular flexibility index (Phi) is 7.30. The van der Waals surface area contributed by atoms with E-state index in [-0.39, 0.29) is 5.97 Å². The summed E-state index contributed by atoms with van der Waals surface area (Å²) >= 11 is 0. The van der Waals surface area contributed by atoms with Gasteiger partial charge in [-0.25, -0.2) is 4.79 Å². The van der Waals surface area contributed by atoms with Crippen LogP contribution in [0.1, 0.15) is 25.0 Å². The Balaban J connectivity index is 1.91. The zero-order valence-electron chi connectivity index (χ0n) is 14.2. The number of carbonyl (C=O) groups is 1. The van der Waals surface area contributed by atoms with Crippen molar-refractivity contribution in [2.75, 3.05) is 13.2 Å². The van der Waals surface area contributed by atoms with Crippen LogP contribution in [0.2, 0.25) is 0 Å². The van der Waals surface area contributed by atoms with Crippen molar-refractivity contribution in [2.24, 2.45) is 0 Å². The van der Waals surface area contributed by atoms with Crippen LogP contribution >= 0.6 is 0 Å². The number of hydrogen-bond donors (Lipinski definition) is 0. The van der Waals surface area contributed by atoms with Crippen LogP contribution in [0.3, 0.4) is 0 Å². The molecule has 0 heterocycles. The van der Waals surface area contributed by atoms with E-state index in [0.717, 1.165) is 16.9 Å². The topological polar surface area (TPSA) is 44.8 Å². The van der Waals surface area contributed by atoms with E-state index >= 15 is 0 Å². The Bertz CT molecular complexity index is 607. The van der Waals surface area contributed by atoms with Crippen LogP contribution < -0.4 is 4.74 Å². The first-order chi connectivity index (χ1) is 11.7. The van der Waals surface area contributed by atoms with Crippen LogP contribution in [0.5, 0.6) is 5.75 Å². The quantitative estimate of drug-likeness (QED) is 0.657. The second-order valence-electron chi connectivity index (χ2n) is 5.32. The van der Waals surface area contributed by atoms with E-state index in [4.69, 9.17) is 14.2 Å². The number of rotatable bonds is 9. The molecule has 0 spiro atoms. The molecule has 4 heteroatoms. The molecule has 0 unspecified atom stereocenters. The number of esters is 1. The predicted molar refractivity (Wildman–Crippen MR) is 93.0 cm³/mol. The molecular formula is C20H24O4. The van der Waals surface area contributed by atoms with Gasteiger partial charge in [0.2, 0.25) is 0 Å². The highest BCUT2D eigenvalue weighted by Crippen LogP contribution is 2.16. The number of carbonyl (C=O) groups excluding carboxylic acids is 1. The van der Waals surface area contributed by atoms with Gasteiger partial charge < -0.3 is 14.2 Å². The highest BCUT2D eigenvalue weighted by atomic mass is 16.6. The minimum atomic E-state index is -0.564. The highest BCUT2D eigenvalue weighted by molar-refractivity contribution is 5.75. The van der Waals surface area contributed by atoms with Crippen LogP contribution in [0.25, 0.3) is 0 Å². The second-order valence-corrected chi connectivity index (χ2v) is 5.32. The van der Waals surface area contributed by atoms with Gasteiger partial charge in [0.05, 0.1) is 6.61 Å². The molecule has 2 rings (SSSR count). The van der Waals surface area contributed by atoms with Gasteiger partial charge in [0.25, 0.3) is 0 Å². The zero-order chi connectivity index (χ0) is 17.2. The van der Waals surface area contributed by atoms with Gasteiger partial charge in [-0.1, -0.05) is 42.5 Å². The molecule has 24 heavy (non-hydrogen) atoms. The number of ether oxygens (including phenoxy) is 3. The fourth-order valence-corrected chi connectivity index (χ4v) is 2.32. The normalized spacial score (nSPS) is 11.8. The summed E-state index contributed by atoms with van der Waals surface area (Å²) in [6, 6.07) is 17.7. The van der Waals surface area contributed by atoms with Crippen molar-refractivity contribution in [1.82, 2.24) is 0 Å². The SMILES string of the molecule is CCOC(=O)[C@@H](Cc1ccc(OCc2ccccc2)cc1)OCC. The van der Waals surface area contributed by atoms with Crippen molar-refractivity contribution in [3.8, 4) is 5.75 Å². The summed E-state index contributed by atoms with van der Waals surface area (Å²) < 4.78 is 16.3. The van der Waals surface area contributed by atoms with Gasteiger partial charge in [-0.2, -0.15) is 0 Å². The molecule has 0 aliphatic heterocycles. The fraction of sp³-hybridized carbons (Fsp3) is 0.350. The molecule has 0 N–H and O–H groups in total. The summed E-state index contributed by atoms with van der Waals surface area (Å²) in [7, 11) is 0. The smallest absolute Gasteiger partial charge is 0.335 e. The van der Waals surface area contributed by atoms with E-state index in [1.165, 1.54) is 0 Å². The van der Waals surface area contributed by atoms with Gasteiger partial charge in [-0.05, 0) is 37.1 Å². The molecule has 0 saturated carbocycles. The molecule has 2 aromatic carbocycles. The third-order valence-electron chi connectivity index (χ3n) is 3.51. The molecule has 0 aromatic heterocycles. The standard InChI is InChI=1S/C20H24O4/c1-3-22-19(20(21)23-4-2)14-16-10-12-18(13-11-16)24-15-17-8-6-5-7-9-17/h5-13,19H,3-4,14-15H2,1-2H3/t19-/m1/s1. The first-order valence-electron chi connectivity index (χ1n) is 8.26. The molecule has 4 nitrogen and oxygen atoms in total. The Morgan fingerprint density at radius 2 is 1.62 bits per heavy atom. The minimum Gasteiger partial charge on any atom is -0.489 e. The minimum absolute atomic E-state index is 0.316. The van der Waals surface area contributed by atoms with Crippen molar-refractivity contribution >= 4 is 5.97 Å². The van der Waals surface area contributed by atoms with Crippen molar-refractivity contribution in [3.05, 3.63) is 65.7 Å². The van der Waals surface area contributed by atoms with Crippen molar-refractivity contribution in [3.63, 3.8) is 0 Å². The molecule has 1 atom stereocenters. The molecule has 0 aliphatic carbocycles. The Hall–Kier alpha value is -2.33. The maximum atomic E-state index is 11.9. The van der Waals surface area contributed by atoms with Crippen molar-refractivity contribution in [1.29, 1.82) is 0 Å². The lowest BCUT2D eigenvalue weighted by molar-refractivity contribution is -0.156. The first-order valence-corrected chi connectivity index (χ1v) is 8.26. The van der Waals surface area contributed by atoms with Crippen LogP contribution in [-0.2, 0) is 27.3 Å². The Labute approximate surface area is 143 Å². The molecule has 0 radical (unpaired) electrons. The van der Waals surface area contributed by atoms with E-state index < -0.39 is 6.10 Å². The van der Waals surface area contributed by atoms with E-state index in [9.17, 15) is 4.79 Å². The summed E-state index contributed by atoms with van der Waals surface area (Å²) in [6.45, 7) is 5.02. The van der Waals surface area contributed by atoms with Gasteiger partial charge in [0.15, 0.2) is 6.10 Å². The van der Waals surface area contributed by atoms with Crippen molar-refractivity contribution < 1.29 is 19.0 Å². The van der Waals surface area contributed by atoms with Gasteiger partial charge in [-0.3, -0.25) is 0 Å². The summed E-state index contributed by atoms with van der Waals surface area (Å²) in [5.74, 6) is 0.482. The molecular weight excluding hydrogens is 304 g/mol. The van der Waals surface area contributed by atoms with E-state index in [2.05, 4.69) is 0 Å². The lowest BCUT2D eigenvalue weighted by Crippen LogP contribution is -2.28. The van der Waals surface area contributed by atoms with Crippen LogP contribution in [-0.4, -0.2) is 25.3 Å². The third-order valence-corrected chi connectivity index (χ3v) is 3.51. The van der Waals surface area contributed by atoms with Crippen LogP contribution in [0.15, 0.2) is 54.6 Å². The fourth-order valence-electron chi connectivity index (χ4n) is 2.32. The monoisotopic (exact) mass is 328 g/mol. The van der Waals surface area contributed by atoms with Crippen molar-refractivity contribution in [2.45, 2.75) is 33.0 Å². The molecule has 0 saturated heterocycles. The first kappa shape index (κ1) is 18.0. The van der Waals surface area contributed by atoms with E-state index in [1.807, 2.05) is 61.5 Å². The summed E-state index contributed by atoms with van der Waals surface area (Å²) in [6.07, 6.45) is -0.0721. The molecule has 2 aromatic rings. The molecule has 0 aliphatic rings. The zero-order valence-corrected chi connectivity index (χ0v) is 14.2. The van der Waals surface area contributed by atoms with E-state index in [1.54, 1.807) is 6.92 Å². The lowest BCUT2D eigenvalue weighted by Gasteiger charge is -2.15. The molecule has 0 fully saturated rings. The Morgan fingerprint density at radius 3 is 2.25 bits per heavy atom. The van der Waals surface area contributed by atoms with Gasteiger partial charge in [0, 0.05) is 13.0 Å². The average Bonchev–Trinajstić information content (AvgIpc) is 2.62. The molecule has 0 amide bonds. The second kappa shape index (κ2) is 9.73. The highest BCUT2D eigenvalue weighted by Gasteiger charge is 2.20. The average molecular weight is 328 g/mol. The lowest BCUT2D eigenvalue weighted by atomic mass is 10.1. The third kappa shape index (κ3) is 5.70. The number of benzene rings is 2. The molecule has 0 bridgehead atoms. The summed E-state index contributed by atoms with van der Waals surface area (Å²) in [5.41, 5.74) is 2.13. The van der Waals surface area contributed by atoms with E-state index in [0.29, 0.717) is 26.2 Å².